The molecule has 2 N–H and O–H groups in total. The molecule has 1 fully saturated rings. The van der Waals surface area contributed by atoms with Gasteiger partial charge < -0.3 is 14.5 Å². The third-order valence-corrected chi connectivity index (χ3v) is 4.87. The maximum Gasteiger partial charge on any atom is 0.410 e. The lowest BCUT2D eigenvalue weighted by Crippen LogP contribution is -2.39. The number of carbonyl (C=O) groups is 1. The van der Waals surface area contributed by atoms with E-state index in [0.717, 1.165) is 6.07 Å². The number of ether oxygens (including phenoxy) is 1. The molecule has 0 spiro atoms. The number of rotatable bonds is 3. The molecule has 1 heterocycles. The quantitative estimate of drug-likeness (QED) is 0.602. The van der Waals surface area contributed by atoms with E-state index < -0.39 is 26.6 Å². The average molecular weight is 400 g/mol. The molecule has 10 nitrogen and oxygen atoms in total. The van der Waals surface area contributed by atoms with E-state index in [-0.39, 0.29) is 10.6 Å². The van der Waals surface area contributed by atoms with Gasteiger partial charge in [-0.3, -0.25) is 10.1 Å². The number of anilines is 1. The van der Waals surface area contributed by atoms with Crippen LogP contribution in [0.3, 0.4) is 0 Å². The van der Waals surface area contributed by atoms with Crippen molar-refractivity contribution in [3.05, 3.63) is 28.3 Å². The third kappa shape index (κ3) is 5.54. The molecule has 0 atom stereocenters. The molecule has 0 unspecified atom stereocenters. The van der Waals surface area contributed by atoms with Crippen LogP contribution in [0.1, 0.15) is 27.2 Å². The van der Waals surface area contributed by atoms with Gasteiger partial charge in [-0.25, -0.2) is 18.4 Å². The normalized spacial score (nSPS) is 16.0. The summed E-state index contributed by atoms with van der Waals surface area (Å²) in [6.45, 7) is 6.99. The van der Waals surface area contributed by atoms with Crippen LogP contribution in [0.5, 0.6) is 0 Å². The first-order valence-corrected chi connectivity index (χ1v) is 9.97. The van der Waals surface area contributed by atoms with Crippen molar-refractivity contribution >= 4 is 27.5 Å². The number of hydrogen-bond acceptors (Lipinski definition) is 7. The van der Waals surface area contributed by atoms with Crippen LogP contribution in [-0.4, -0.2) is 56.1 Å². The number of benzene rings is 1. The zero-order valence-electron chi connectivity index (χ0n) is 15.5. The third-order valence-electron chi connectivity index (χ3n) is 3.96. The molecule has 1 aliphatic rings. The summed E-state index contributed by atoms with van der Waals surface area (Å²) in [4.78, 5) is 26.0. The van der Waals surface area contributed by atoms with Crippen LogP contribution < -0.4 is 10.0 Å². The van der Waals surface area contributed by atoms with Crippen molar-refractivity contribution in [1.82, 2.24) is 4.90 Å². The molecule has 0 radical (unpaired) electrons. The Balaban J connectivity index is 2.22. The number of amides is 1. The average Bonchev–Trinajstić information content (AvgIpc) is 2.77. The molecule has 1 aromatic carbocycles. The molecule has 1 amide bonds. The predicted molar refractivity (Wildman–Crippen MR) is 99.1 cm³/mol. The monoisotopic (exact) mass is 400 g/mol. The van der Waals surface area contributed by atoms with Gasteiger partial charge in [0.1, 0.15) is 11.3 Å². The van der Waals surface area contributed by atoms with E-state index in [4.69, 9.17) is 9.88 Å². The van der Waals surface area contributed by atoms with Gasteiger partial charge in [-0.1, -0.05) is 0 Å². The summed E-state index contributed by atoms with van der Waals surface area (Å²) in [7, 11) is -4.04. The highest BCUT2D eigenvalue weighted by atomic mass is 32.2. The van der Waals surface area contributed by atoms with Crippen LogP contribution in [0.15, 0.2) is 23.1 Å². The van der Waals surface area contributed by atoms with Crippen molar-refractivity contribution in [3.8, 4) is 0 Å². The highest BCUT2D eigenvalue weighted by molar-refractivity contribution is 7.89. The number of carbonyl (C=O) groups excluding carboxylic acids is 1. The zero-order valence-corrected chi connectivity index (χ0v) is 16.4. The Morgan fingerprint density at radius 1 is 1.22 bits per heavy atom. The minimum Gasteiger partial charge on any atom is -0.444 e. The number of sulfonamides is 1. The van der Waals surface area contributed by atoms with Crippen molar-refractivity contribution in [2.75, 3.05) is 31.1 Å². The standard InChI is InChI=1S/C16H24N4O6S/c1-16(2,3)26-15(21)19-8-4-7-18(9-10-19)13-6-5-12(27(17,24)25)11-14(13)20(22)23/h5-6,11H,4,7-10H2,1-3H3,(H2,17,24,25). The molecular formula is C16H24N4O6S. The molecule has 0 aromatic heterocycles. The van der Waals surface area contributed by atoms with Crippen molar-refractivity contribution in [1.29, 1.82) is 0 Å². The molecular weight excluding hydrogens is 376 g/mol. The van der Waals surface area contributed by atoms with Crippen LogP contribution >= 0.6 is 0 Å². The molecule has 11 heteroatoms. The van der Waals surface area contributed by atoms with E-state index in [9.17, 15) is 23.3 Å². The molecule has 2 rings (SSSR count). The van der Waals surface area contributed by atoms with Crippen LogP contribution in [0.2, 0.25) is 0 Å². The number of hydrogen-bond donors (Lipinski definition) is 1. The maximum absolute atomic E-state index is 12.2. The van der Waals surface area contributed by atoms with Crippen LogP contribution in [0.25, 0.3) is 0 Å². The van der Waals surface area contributed by atoms with Crippen molar-refractivity contribution in [2.45, 2.75) is 37.7 Å². The molecule has 1 aliphatic heterocycles. The van der Waals surface area contributed by atoms with Gasteiger partial charge in [0.05, 0.1) is 9.82 Å². The van der Waals surface area contributed by atoms with E-state index in [2.05, 4.69) is 0 Å². The molecule has 0 saturated carbocycles. The van der Waals surface area contributed by atoms with E-state index >= 15 is 0 Å². The zero-order chi connectivity index (χ0) is 20.4. The first kappa shape index (κ1) is 20.9. The van der Waals surface area contributed by atoms with E-state index in [0.29, 0.717) is 38.3 Å². The van der Waals surface area contributed by atoms with E-state index in [1.165, 1.54) is 12.1 Å². The molecule has 1 aromatic rings. The fourth-order valence-corrected chi connectivity index (χ4v) is 3.29. The maximum atomic E-state index is 12.2. The smallest absolute Gasteiger partial charge is 0.410 e. The summed E-state index contributed by atoms with van der Waals surface area (Å²) in [5.74, 6) is 0. The Bertz CT molecular complexity index is 834. The minimum atomic E-state index is -4.04. The lowest BCUT2D eigenvalue weighted by Gasteiger charge is -2.26. The van der Waals surface area contributed by atoms with Gasteiger partial charge in [0.15, 0.2) is 0 Å². The van der Waals surface area contributed by atoms with Crippen molar-refractivity contribution in [2.24, 2.45) is 5.14 Å². The summed E-state index contributed by atoms with van der Waals surface area (Å²) in [5.41, 5.74) is -0.656. The molecule has 1 saturated heterocycles. The van der Waals surface area contributed by atoms with Gasteiger partial charge in [-0.15, -0.1) is 0 Å². The Labute approximate surface area is 158 Å². The summed E-state index contributed by atoms with van der Waals surface area (Å²) >= 11 is 0. The molecule has 27 heavy (non-hydrogen) atoms. The Kier molecular flexibility index (Phi) is 5.95. The van der Waals surface area contributed by atoms with Crippen molar-refractivity contribution < 1.29 is 22.9 Å². The van der Waals surface area contributed by atoms with Crippen LogP contribution in [0, 0.1) is 10.1 Å². The Morgan fingerprint density at radius 2 is 1.89 bits per heavy atom. The summed E-state index contributed by atoms with van der Waals surface area (Å²) in [6.07, 6.45) is 0.163. The number of nitrogens with two attached hydrogens (primary N) is 1. The van der Waals surface area contributed by atoms with Gasteiger partial charge >= 0.3 is 6.09 Å². The van der Waals surface area contributed by atoms with Gasteiger partial charge in [0, 0.05) is 32.2 Å². The topological polar surface area (TPSA) is 136 Å². The summed E-state index contributed by atoms with van der Waals surface area (Å²) < 4.78 is 28.3. The van der Waals surface area contributed by atoms with E-state index in [1.54, 1.807) is 30.6 Å². The fourth-order valence-electron chi connectivity index (χ4n) is 2.76. The van der Waals surface area contributed by atoms with Gasteiger partial charge in [0.25, 0.3) is 5.69 Å². The number of nitro benzene ring substituents is 1. The number of nitrogens with zero attached hydrogens (tertiary/aromatic N) is 3. The first-order valence-electron chi connectivity index (χ1n) is 8.42. The lowest BCUT2D eigenvalue weighted by atomic mass is 10.2. The molecule has 0 aliphatic carbocycles. The summed E-state index contributed by atoms with van der Waals surface area (Å²) in [6, 6.07) is 3.58. The molecule has 0 bridgehead atoms. The van der Waals surface area contributed by atoms with Crippen LogP contribution in [0.4, 0.5) is 16.2 Å². The largest absolute Gasteiger partial charge is 0.444 e. The second-order valence-corrected chi connectivity index (χ2v) is 8.82. The fraction of sp³-hybridized carbons (Fsp3) is 0.562. The van der Waals surface area contributed by atoms with Crippen LogP contribution in [-0.2, 0) is 14.8 Å². The molecule has 150 valence electrons. The van der Waals surface area contributed by atoms with Gasteiger partial charge in [-0.05, 0) is 39.3 Å². The highest BCUT2D eigenvalue weighted by Crippen LogP contribution is 2.31. The predicted octanol–water partition coefficient (Wildman–Crippen LogP) is 1.69. The number of nitro groups is 1. The summed E-state index contributed by atoms with van der Waals surface area (Å²) in [5, 5.41) is 16.5. The first-order chi connectivity index (χ1) is 12.4. The SMILES string of the molecule is CC(C)(C)OC(=O)N1CCCN(c2ccc(S(N)(=O)=O)cc2[N+](=O)[O-])CC1. The van der Waals surface area contributed by atoms with E-state index in [1.807, 2.05) is 0 Å². The second-order valence-electron chi connectivity index (χ2n) is 7.26. The van der Waals surface area contributed by atoms with Gasteiger partial charge in [-0.2, -0.15) is 0 Å². The highest BCUT2D eigenvalue weighted by Gasteiger charge is 2.27. The second kappa shape index (κ2) is 7.69. The number of primary sulfonamides is 1. The Hall–Kier alpha value is -2.40. The Morgan fingerprint density at radius 3 is 2.44 bits per heavy atom. The lowest BCUT2D eigenvalue weighted by molar-refractivity contribution is -0.384. The van der Waals surface area contributed by atoms with Crippen molar-refractivity contribution in [3.63, 3.8) is 0 Å². The minimum absolute atomic E-state index is 0.290. The van der Waals surface area contributed by atoms with Gasteiger partial charge in [0.2, 0.25) is 10.0 Å².